The fourth-order valence-electron chi connectivity index (χ4n) is 4.15. The predicted octanol–water partition coefficient (Wildman–Crippen LogP) is 2.30. The van der Waals surface area contributed by atoms with Gasteiger partial charge < -0.3 is 20.6 Å². The molecule has 4 heterocycles. The van der Waals surface area contributed by atoms with Crippen molar-refractivity contribution in [2.75, 3.05) is 25.4 Å². The van der Waals surface area contributed by atoms with Crippen molar-refractivity contribution in [3.05, 3.63) is 47.1 Å². The highest BCUT2D eigenvalue weighted by Gasteiger charge is 2.16. The Morgan fingerprint density at radius 3 is 2.87 bits per heavy atom. The van der Waals surface area contributed by atoms with Crippen molar-refractivity contribution < 1.29 is 4.79 Å². The van der Waals surface area contributed by atoms with Gasteiger partial charge in [-0.2, -0.15) is 0 Å². The fourth-order valence-corrected chi connectivity index (χ4v) is 4.40. The fraction of sp³-hybridized carbons (Fsp3) is 0.333. The normalized spacial score (nSPS) is 14.6. The van der Waals surface area contributed by atoms with Gasteiger partial charge in [-0.25, -0.2) is 15.0 Å². The minimum Gasteiger partial charge on any atom is -0.382 e. The number of aromatic amines is 1. The van der Waals surface area contributed by atoms with E-state index >= 15 is 0 Å². The van der Waals surface area contributed by atoms with Crippen LogP contribution in [0.3, 0.4) is 0 Å². The summed E-state index contributed by atoms with van der Waals surface area (Å²) < 4.78 is 1.91. The highest BCUT2D eigenvalue weighted by molar-refractivity contribution is 6.31. The third kappa shape index (κ3) is 4.06. The molecular formula is C21H23ClN8O. The van der Waals surface area contributed by atoms with Gasteiger partial charge in [0.25, 0.3) is 0 Å². The number of hydrogen-bond acceptors (Lipinski definition) is 6. The molecule has 0 bridgehead atoms. The van der Waals surface area contributed by atoms with E-state index in [1.807, 2.05) is 22.8 Å². The Kier molecular flexibility index (Phi) is 5.21. The Morgan fingerprint density at radius 1 is 1.19 bits per heavy atom. The molecule has 3 aromatic heterocycles. The summed E-state index contributed by atoms with van der Waals surface area (Å²) in [6.45, 7) is 3.42. The van der Waals surface area contributed by atoms with Crippen molar-refractivity contribution in [3.8, 4) is 0 Å². The van der Waals surface area contributed by atoms with Crippen LogP contribution in [-0.2, 0) is 17.9 Å². The van der Waals surface area contributed by atoms with Crippen LogP contribution >= 0.6 is 11.6 Å². The van der Waals surface area contributed by atoms with E-state index < -0.39 is 0 Å². The van der Waals surface area contributed by atoms with Gasteiger partial charge in [-0.05, 0) is 49.7 Å². The average Bonchev–Trinajstić information content (AvgIpc) is 3.47. The number of nitrogen functional groups attached to an aromatic ring is 1. The first-order valence-corrected chi connectivity index (χ1v) is 10.6. The molecule has 9 nitrogen and oxygen atoms in total. The van der Waals surface area contributed by atoms with E-state index in [1.54, 1.807) is 6.33 Å². The predicted molar refractivity (Wildman–Crippen MR) is 120 cm³/mol. The maximum atomic E-state index is 12.3. The van der Waals surface area contributed by atoms with Gasteiger partial charge in [-0.3, -0.25) is 9.69 Å². The first-order chi connectivity index (χ1) is 15.1. The third-order valence-corrected chi connectivity index (χ3v) is 5.86. The van der Waals surface area contributed by atoms with Crippen LogP contribution in [0.4, 0.5) is 5.82 Å². The van der Waals surface area contributed by atoms with Gasteiger partial charge in [0, 0.05) is 16.1 Å². The summed E-state index contributed by atoms with van der Waals surface area (Å²) in [5.74, 6) is 0.396. The van der Waals surface area contributed by atoms with Crippen LogP contribution in [-0.4, -0.2) is 54.9 Å². The Morgan fingerprint density at radius 2 is 2.03 bits per heavy atom. The lowest BCUT2D eigenvalue weighted by atomic mass is 10.1. The van der Waals surface area contributed by atoms with Gasteiger partial charge in [-0.15, -0.1) is 0 Å². The number of aromatic nitrogens is 5. The van der Waals surface area contributed by atoms with E-state index in [-0.39, 0.29) is 5.91 Å². The number of hydrogen-bond donors (Lipinski definition) is 3. The Labute approximate surface area is 183 Å². The molecule has 4 N–H and O–H groups in total. The summed E-state index contributed by atoms with van der Waals surface area (Å²) in [5.41, 5.74) is 10.0. The smallest absolute Gasteiger partial charge is 0.234 e. The lowest BCUT2D eigenvalue weighted by Gasteiger charge is -2.13. The number of fused-ring (bicyclic) bond motifs is 2. The molecule has 1 aliphatic heterocycles. The summed E-state index contributed by atoms with van der Waals surface area (Å²) >= 11 is 6.38. The molecule has 10 heteroatoms. The molecule has 0 atom stereocenters. The number of benzene rings is 1. The van der Waals surface area contributed by atoms with Crippen LogP contribution in [0.25, 0.3) is 22.1 Å². The molecule has 0 radical (unpaired) electrons. The maximum Gasteiger partial charge on any atom is 0.234 e. The quantitative estimate of drug-likeness (QED) is 0.425. The summed E-state index contributed by atoms with van der Waals surface area (Å²) in [7, 11) is 0. The molecule has 1 amide bonds. The lowest BCUT2D eigenvalue weighted by Crippen LogP contribution is -2.35. The molecule has 1 fully saturated rings. The van der Waals surface area contributed by atoms with Gasteiger partial charge in [-0.1, -0.05) is 11.6 Å². The van der Waals surface area contributed by atoms with Gasteiger partial charge in [0.05, 0.1) is 31.5 Å². The molecule has 1 aromatic carbocycles. The SMILES string of the molecule is Nc1ncnc2c1ncn2Cc1cc(Cl)cc2cc(CNC(=O)CN3CCCC3)[nH]c12. The second-order valence-electron chi connectivity index (χ2n) is 7.89. The van der Waals surface area contributed by atoms with Crippen molar-refractivity contribution in [2.45, 2.75) is 25.9 Å². The first kappa shape index (κ1) is 19.8. The molecular weight excluding hydrogens is 416 g/mol. The van der Waals surface area contributed by atoms with E-state index in [0.29, 0.717) is 41.6 Å². The number of halogens is 1. The summed E-state index contributed by atoms with van der Waals surface area (Å²) in [6.07, 6.45) is 5.47. The number of H-pyrrole nitrogens is 1. The molecule has 0 spiro atoms. The first-order valence-electron chi connectivity index (χ1n) is 10.3. The topological polar surface area (TPSA) is 118 Å². The standard InChI is InChI=1S/C21H23ClN8O/c22-15-5-13-7-16(8-24-17(31)10-29-3-1-2-4-29)28-18(13)14(6-15)9-30-12-27-19-20(23)25-11-26-21(19)30/h5-7,11-12,28H,1-4,8-10H2,(H,24,31)(H2,23,25,26). The van der Waals surface area contributed by atoms with Crippen LogP contribution in [0, 0.1) is 0 Å². The second-order valence-corrected chi connectivity index (χ2v) is 8.32. The molecule has 160 valence electrons. The molecule has 4 aromatic rings. The molecule has 1 aliphatic rings. The van der Waals surface area contributed by atoms with Crippen molar-refractivity contribution in [3.63, 3.8) is 0 Å². The van der Waals surface area contributed by atoms with Crippen molar-refractivity contribution >= 4 is 45.4 Å². The molecule has 31 heavy (non-hydrogen) atoms. The van der Waals surface area contributed by atoms with E-state index in [0.717, 1.165) is 35.2 Å². The van der Waals surface area contributed by atoms with Gasteiger partial charge in [0.2, 0.25) is 5.91 Å². The second kappa shape index (κ2) is 8.16. The number of nitrogens with zero attached hydrogens (tertiary/aromatic N) is 5. The van der Waals surface area contributed by atoms with Crippen LogP contribution < -0.4 is 11.1 Å². The number of likely N-dealkylation sites (tertiary alicyclic amines) is 1. The van der Waals surface area contributed by atoms with Crippen molar-refractivity contribution in [1.82, 2.24) is 34.7 Å². The average molecular weight is 439 g/mol. The Bertz CT molecular complexity index is 1260. The van der Waals surface area contributed by atoms with Crippen LogP contribution in [0.15, 0.2) is 30.9 Å². The van der Waals surface area contributed by atoms with E-state index in [2.05, 4.69) is 30.2 Å². The van der Waals surface area contributed by atoms with Crippen LogP contribution in [0.1, 0.15) is 24.1 Å². The zero-order valence-corrected chi connectivity index (χ0v) is 17.7. The number of carbonyl (C=O) groups excluding carboxylic acids is 1. The van der Waals surface area contributed by atoms with E-state index in [9.17, 15) is 4.79 Å². The van der Waals surface area contributed by atoms with Crippen molar-refractivity contribution in [2.24, 2.45) is 0 Å². The number of imidazole rings is 1. The Balaban J connectivity index is 1.37. The minimum absolute atomic E-state index is 0.0426. The van der Waals surface area contributed by atoms with Crippen LogP contribution in [0.2, 0.25) is 5.02 Å². The zero-order chi connectivity index (χ0) is 21.4. The third-order valence-electron chi connectivity index (χ3n) is 5.64. The summed E-state index contributed by atoms with van der Waals surface area (Å²) in [5, 5.41) is 4.64. The van der Waals surface area contributed by atoms with Crippen LogP contribution in [0.5, 0.6) is 0 Å². The highest BCUT2D eigenvalue weighted by atomic mass is 35.5. The van der Waals surface area contributed by atoms with E-state index in [4.69, 9.17) is 17.3 Å². The minimum atomic E-state index is 0.0426. The number of amides is 1. The van der Waals surface area contributed by atoms with E-state index in [1.165, 1.54) is 19.2 Å². The monoisotopic (exact) mass is 438 g/mol. The number of anilines is 1. The highest BCUT2D eigenvalue weighted by Crippen LogP contribution is 2.26. The molecule has 0 unspecified atom stereocenters. The Hall–Kier alpha value is -3.17. The number of carbonyl (C=O) groups is 1. The molecule has 1 saturated heterocycles. The zero-order valence-electron chi connectivity index (χ0n) is 16.9. The van der Waals surface area contributed by atoms with Gasteiger partial charge >= 0.3 is 0 Å². The maximum absolute atomic E-state index is 12.3. The molecule has 0 aliphatic carbocycles. The van der Waals surface area contributed by atoms with Crippen molar-refractivity contribution in [1.29, 1.82) is 0 Å². The van der Waals surface area contributed by atoms with Gasteiger partial charge in [0.15, 0.2) is 11.5 Å². The number of nitrogens with two attached hydrogens (primary N) is 1. The van der Waals surface area contributed by atoms with Gasteiger partial charge in [0.1, 0.15) is 11.8 Å². The number of rotatable bonds is 6. The molecule has 5 rings (SSSR count). The molecule has 0 saturated carbocycles. The summed E-state index contributed by atoms with van der Waals surface area (Å²) in [4.78, 5) is 30.5. The largest absolute Gasteiger partial charge is 0.382 e. The number of nitrogens with one attached hydrogen (secondary N) is 2. The summed E-state index contributed by atoms with van der Waals surface area (Å²) in [6, 6.07) is 5.86. The lowest BCUT2D eigenvalue weighted by molar-refractivity contribution is -0.122.